The molecule has 10 heteroatoms. The van der Waals surface area contributed by atoms with Gasteiger partial charge >= 0.3 is 6.18 Å². The van der Waals surface area contributed by atoms with Gasteiger partial charge in [-0.15, -0.1) is 5.10 Å². The van der Waals surface area contributed by atoms with Crippen molar-refractivity contribution in [3.8, 4) is 0 Å². The van der Waals surface area contributed by atoms with Gasteiger partial charge in [-0.3, -0.25) is 4.90 Å². The lowest BCUT2D eigenvalue weighted by atomic mass is 10.1. The van der Waals surface area contributed by atoms with Crippen molar-refractivity contribution in [3.63, 3.8) is 0 Å². The molecule has 0 saturated carbocycles. The van der Waals surface area contributed by atoms with E-state index in [4.69, 9.17) is 5.73 Å². The van der Waals surface area contributed by atoms with E-state index in [1.807, 2.05) is 13.0 Å². The number of hydrogen-bond acceptors (Lipinski definition) is 7. The summed E-state index contributed by atoms with van der Waals surface area (Å²) >= 11 is 0. The maximum atomic E-state index is 13.2. The minimum absolute atomic E-state index is 0.00801. The number of nitrogens with two attached hydrogens (primary N) is 1. The number of halogens is 3. The van der Waals surface area contributed by atoms with Crippen LogP contribution < -0.4 is 16.0 Å². The molecule has 182 valence electrons. The van der Waals surface area contributed by atoms with Crippen molar-refractivity contribution in [1.29, 1.82) is 0 Å². The highest BCUT2D eigenvalue weighted by Gasteiger charge is 2.33. The average Bonchev–Trinajstić information content (AvgIpc) is 2.80. The molecule has 2 atom stereocenters. The highest BCUT2D eigenvalue weighted by molar-refractivity contribution is 5.95. The predicted octanol–water partition coefficient (Wildman–Crippen LogP) is 4.64. The van der Waals surface area contributed by atoms with Gasteiger partial charge in [-0.05, 0) is 51.6 Å². The maximum Gasteiger partial charge on any atom is 0.433 e. The van der Waals surface area contributed by atoms with Crippen LogP contribution >= 0.6 is 0 Å². The highest BCUT2D eigenvalue weighted by Crippen LogP contribution is 2.33. The Kier molecular flexibility index (Phi) is 6.53. The van der Waals surface area contributed by atoms with Crippen LogP contribution in [0.2, 0.25) is 0 Å². The Labute approximate surface area is 197 Å². The first-order valence-corrected chi connectivity index (χ1v) is 11.4. The number of pyridine rings is 1. The van der Waals surface area contributed by atoms with E-state index in [0.717, 1.165) is 54.3 Å². The van der Waals surface area contributed by atoms with E-state index in [1.165, 1.54) is 6.07 Å². The van der Waals surface area contributed by atoms with Gasteiger partial charge in [0.05, 0.1) is 17.4 Å². The zero-order valence-corrected chi connectivity index (χ0v) is 19.8. The second-order valence-electron chi connectivity index (χ2n) is 8.93. The van der Waals surface area contributed by atoms with Crippen LogP contribution in [0.25, 0.3) is 10.8 Å². The number of hydrogen-bond donors (Lipinski definition) is 2. The van der Waals surface area contributed by atoms with Gasteiger partial charge in [0.25, 0.3) is 0 Å². The number of rotatable bonds is 5. The van der Waals surface area contributed by atoms with Crippen LogP contribution in [0.1, 0.15) is 43.4 Å². The van der Waals surface area contributed by atoms with Crippen molar-refractivity contribution < 1.29 is 13.2 Å². The first-order valence-electron chi connectivity index (χ1n) is 11.4. The summed E-state index contributed by atoms with van der Waals surface area (Å²) in [5, 5.41) is 13.6. The van der Waals surface area contributed by atoms with E-state index in [0.29, 0.717) is 11.9 Å². The normalized spacial score (nSPS) is 18.3. The molecular weight excluding hydrogens is 443 g/mol. The summed E-state index contributed by atoms with van der Waals surface area (Å²) in [6, 6.07) is 8.40. The van der Waals surface area contributed by atoms with Gasteiger partial charge in [0.15, 0.2) is 5.82 Å². The summed E-state index contributed by atoms with van der Waals surface area (Å²) in [4.78, 5) is 8.54. The molecule has 7 nitrogen and oxygen atoms in total. The Morgan fingerprint density at radius 1 is 1.15 bits per heavy atom. The molecular formula is C24H30F3N7. The Bertz CT molecular complexity index is 1180. The molecule has 0 aliphatic carbocycles. The molecule has 3 aromatic rings. The van der Waals surface area contributed by atoms with Crippen molar-refractivity contribution in [2.24, 2.45) is 0 Å². The van der Waals surface area contributed by atoms with Crippen LogP contribution in [0.15, 0.2) is 30.3 Å². The van der Waals surface area contributed by atoms with Gasteiger partial charge in [0.1, 0.15) is 5.69 Å². The molecule has 0 radical (unpaired) electrons. The van der Waals surface area contributed by atoms with Gasteiger partial charge in [0.2, 0.25) is 0 Å². The number of nitrogen functional groups attached to an aromatic ring is 1. The number of likely N-dealkylation sites (N-methyl/N-ethyl adjacent to an activating group) is 1. The second kappa shape index (κ2) is 9.25. The molecule has 2 aromatic heterocycles. The number of benzene rings is 1. The van der Waals surface area contributed by atoms with Crippen LogP contribution in [-0.2, 0) is 6.18 Å². The third-order valence-corrected chi connectivity index (χ3v) is 6.52. The maximum absolute atomic E-state index is 13.2. The Morgan fingerprint density at radius 2 is 1.91 bits per heavy atom. The molecule has 1 aromatic carbocycles. The van der Waals surface area contributed by atoms with Crippen LogP contribution in [0, 0.1) is 6.92 Å². The van der Waals surface area contributed by atoms with E-state index in [1.54, 1.807) is 6.92 Å². The second-order valence-corrected chi connectivity index (χ2v) is 8.93. The van der Waals surface area contributed by atoms with E-state index < -0.39 is 17.9 Å². The third kappa shape index (κ3) is 4.86. The van der Waals surface area contributed by atoms with Gasteiger partial charge in [-0.25, -0.2) is 4.98 Å². The zero-order chi connectivity index (χ0) is 24.6. The first-order chi connectivity index (χ1) is 16.1. The number of anilines is 3. The summed E-state index contributed by atoms with van der Waals surface area (Å²) < 4.78 is 39.7. The van der Waals surface area contributed by atoms with Crippen molar-refractivity contribution in [2.45, 2.75) is 45.5 Å². The van der Waals surface area contributed by atoms with E-state index in [9.17, 15) is 13.2 Å². The molecule has 1 saturated heterocycles. The van der Waals surface area contributed by atoms with Crippen LogP contribution in [-0.4, -0.2) is 52.8 Å². The molecule has 0 amide bonds. The smallest absolute Gasteiger partial charge is 0.399 e. The Morgan fingerprint density at radius 3 is 2.62 bits per heavy atom. The number of fused-ring (bicyclic) bond motifs is 1. The Balaban J connectivity index is 1.67. The molecule has 3 heterocycles. The highest BCUT2D eigenvalue weighted by atomic mass is 19.4. The standard InChI is InChI=1S/C24H30F3N7/c1-5-17-13-34(9-8-33(17)4)18-6-7-19-14(2)31-32-23(20(19)12-18)29-15(3)21-10-16(28)11-22(30-21)24(25,26)27/h6-7,10-12,15,17H,5,8-9,13H2,1-4H3,(H2,28,30)(H,29,32)/t15-,17-/m1/s1. The molecule has 0 unspecified atom stereocenters. The van der Waals surface area contributed by atoms with Gasteiger partial charge < -0.3 is 16.0 Å². The molecule has 1 fully saturated rings. The number of alkyl halides is 3. The van der Waals surface area contributed by atoms with E-state index in [-0.39, 0.29) is 11.4 Å². The molecule has 1 aliphatic rings. The van der Waals surface area contributed by atoms with Crippen molar-refractivity contribution in [1.82, 2.24) is 20.1 Å². The minimum atomic E-state index is -4.58. The fraction of sp³-hybridized carbons (Fsp3) is 0.458. The molecule has 4 rings (SSSR count). The first kappa shape index (κ1) is 24.0. The van der Waals surface area contributed by atoms with Crippen molar-refractivity contribution in [2.75, 3.05) is 42.6 Å². The fourth-order valence-electron chi connectivity index (χ4n) is 4.42. The van der Waals surface area contributed by atoms with Gasteiger partial charge in [-0.2, -0.15) is 18.3 Å². The minimum Gasteiger partial charge on any atom is -0.399 e. The van der Waals surface area contributed by atoms with Crippen LogP contribution in [0.3, 0.4) is 0 Å². The molecule has 0 bridgehead atoms. The fourth-order valence-corrected chi connectivity index (χ4v) is 4.42. The molecule has 3 N–H and O–H groups in total. The van der Waals surface area contributed by atoms with Crippen LogP contribution in [0.5, 0.6) is 0 Å². The SMILES string of the molecule is CC[C@@H]1CN(c2ccc3c(C)nnc(N[C@H](C)c4cc(N)cc(C(F)(F)F)n4)c3c2)CCN1C. The lowest BCUT2D eigenvalue weighted by Crippen LogP contribution is -2.51. The van der Waals surface area contributed by atoms with Crippen molar-refractivity contribution >= 4 is 28.0 Å². The number of aromatic nitrogens is 3. The Hall–Kier alpha value is -3.14. The number of nitrogens with zero attached hydrogens (tertiary/aromatic N) is 5. The molecule has 34 heavy (non-hydrogen) atoms. The summed E-state index contributed by atoms with van der Waals surface area (Å²) in [6.07, 6.45) is -3.50. The van der Waals surface area contributed by atoms with Crippen LogP contribution in [0.4, 0.5) is 30.4 Å². The lowest BCUT2D eigenvalue weighted by Gasteiger charge is -2.40. The molecule has 1 aliphatic heterocycles. The number of nitrogens with one attached hydrogen (secondary N) is 1. The zero-order valence-electron chi connectivity index (χ0n) is 19.8. The summed E-state index contributed by atoms with van der Waals surface area (Å²) in [6.45, 7) is 8.65. The van der Waals surface area contributed by atoms with Gasteiger partial charge in [-0.1, -0.05) is 13.0 Å². The largest absolute Gasteiger partial charge is 0.433 e. The molecule has 0 spiro atoms. The van der Waals surface area contributed by atoms with E-state index >= 15 is 0 Å². The lowest BCUT2D eigenvalue weighted by molar-refractivity contribution is -0.141. The summed E-state index contributed by atoms with van der Waals surface area (Å²) in [5.74, 6) is 0.494. The van der Waals surface area contributed by atoms with Gasteiger partial charge in [0, 0.05) is 47.8 Å². The summed E-state index contributed by atoms with van der Waals surface area (Å²) in [7, 11) is 2.16. The van der Waals surface area contributed by atoms with E-state index in [2.05, 4.69) is 56.4 Å². The average molecular weight is 474 g/mol. The number of piperazine rings is 1. The third-order valence-electron chi connectivity index (χ3n) is 6.52. The number of aryl methyl sites for hydroxylation is 1. The van der Waals surface area contributed by atoms with Crippen molar-refractivity contribution in [3.05, 3.63) is 47.4 Å². The quantitative estimate of drug-likeness (QED) is 0.559. The summed E-state index contributed by atoms with van der Waals surface area (Å²) in [5.41, 5.74) is 6.77. The predicted molar refractivity (Wildman–Crippen MR) is 129 cm³/mol. The monoisotopic (exact) mass is 473 g/mol. The topological polar surface area (TPSA) is 83.2 Å².